The molecule has 1 aromatic rings. The predicted molar refractivity (Wildman–Crippen MR) is 54.4 cm³/mol. The number of rotatable bonds is 2. The predicted octanol–water partition coefficient (Wildman–Crippen LogP) is 1.98. The zero-order chi connectivity index (χ0) is 9.52. The highest BCUT2D eigenvalue weighted by atomic mass is 16.2. The number of aliphatic hydroxyl groups excluding tert-OH is 1. The van der Waals surface area contributed by atoms with Crippen molar-refractivity contribution in [3.63, 3.8) is 0 Å². The van der Waals surface area contributed by atoms with E-state index < -0.39 is 0 Å². The Morgan fingerprint density at radius 3 is 2.92 bits per heavy atom. The molecule has 1 nitrogen and oxygen atoms in total. The topological polar surface area (TPSA) is 20.2 Å². The lowest BCUT2D eigenvalue weighted by atomic mass is 10.1. The Morgan fingerprint density at radius 2 is 2.23 bits per heavy atom. The van der Waals surface area contributed by atoms with Crippen molar-refractivity contribution in [2.24, 2.45) is 0 Å². The third-order valence-corrected chi connectivity index (χ3v) is 1.78. The van der Waals surface area contributed by atoms with Crippen LogP contribution in [-0.2, 0) is 6.42 Å². The molecule has 0 aliphatic heterocycles. The summed E-state index contributed by atoms with van der Waals surface area (Å²) in [5.74, 6) is 5.53. The van der Waals surface area contributed by atoms with Crippen molar-refractivity contribution in [3.05, 3.63) is 35.4 Å². The molecule has 1 aromatic carbocycles. The van der Waals surface area contributed by atoms with Gasteiger partial charge in [0.15, 0.2) is 0 Å². The molecule has 0 fully saturated rings. The van der Waals surface area contributed by atoms with Crippen molar-refractivity contribution in [1.29, 1.82) is 0 Å². The van der Waals surface area contributed by atoms with Crippen LogP contribution in [0, 0.1) is 11.8 Å². The second-order valence-corrected chi connectivity index (χ2v) is 2.91. The second kappa shape index (κ2) is 5.40. The average Bonchev–Trinajstić information content (AvgIpc) is 2.16. The summed E-state index contributed by atoms with van der Waals surface area (Å²) in [6, 6.07) is 8.15. The Labute approximate surface area is 79.4 Å². The summed E-state index contributed by atoms with van der Waals surface area (Å²) >= 11 is 0. The van der Waals surface area contributed by atoms with Gasteiger partial charge in [0.1, 0.15) is 6.61 Å². The molecule has 0 aliphatic carbocycles. The maximum atomic E-state index is 8.53. The summed E-state index contributed by atoms with van der Waals surface area (Å²) in [4.78, 5) is 0. The van der Waals surface area contributed by atoms with Gasteiger partial charge in [-0.2, -0.15) is 0 Å². The fourth-order valence-electron chi connectivity index (χ4n) is 1.23. The quantitative estimate of drug-likeness (QED) is 0.680. The summed E-state index contributed by atoms with van der Waals surface area (Å²) in [6.07, 6.45) is 2.24. The number of benzene rings is 1. The van der Waals surface area contributed by atoms with E-state index >= 15 is 0 Å². The molecule has 0 saturated heterocycles. The van der Waals surface area contributed by atoms with Crippen LogP contribution in [0.3, 0.4) is 0 Å². The number of hydrogen-bond donors (Lipinski definition) is 1. The van der Waals surface area contributed by atoms with Gasteiger partial charge < -0.3 is 5.11 Å². The minimum Gasteiger partial charge on any atom is -0.384 e. The highest BCUT2D eigenvalue weighted by molar-refractivity contribution is 5.37. The summed E-state index contributed by atoms with van der Waals surface area (Å²) in [6.45, 7) is 2.09. The van der Waals surface area contributed by atoms with Gasteiger partial charge in [-0.05, 0) is 24.1 Å². The third-order valence-electron chi connectivity index (χ3n) is 1.78. The molecular weight excluding hydrogens is 160 g/mol. The van der Waals surface area contributed by atoms with Gasteiger partial charge in [-0.1, -0.05) is 37.3 Å². The van der Waals surface area contributed by atoms with E-state index in [9.17, 15) is 0 Å². The Bertz CT molecular complexity index is 317. The van der Waals surface area contributed by atoms with Crippen LogP contribution in [-0.4, -0.2) is 11.7 Å². The van der Waals surface area contributed by atoms with Gasteiger partial charge in [-0.25, -0.2) is 0 Å². The first kappa shape index (κ1) is 9.83. The lowest BCUT2D eigenvalue weighted by Gasteiger charge is -1.97. The molecule has 0 unspecified atom stereocenters. The fraction of sp³-hybridized carbons (Fsp3) is 0.333. The molecule has 1 N–H and O–H groups in total. The standard InChI is InChI=1S/C12H14O/c1-2-5-11-6-3-7-12(10-11)8-4-9-13/h3,6-7,10,13H,2,5,9H2,1H3. The van der Waals surface area contributed by atoms with Gasteiger partial charge in [-0.15, -0.1) is 0 Å². The van der Waals surface area contributed by atoms with Gasteiger partial charge in [0.25, 0.3) is 0 Å². The molecule has 1 rings (SSSR count). The van der Waals surface area contributed by atoms with Gasteiger partial charge >= 0.3 is 0 Å². The molecule has 68 valence electrons. The Hall–Kier alpha value is -1.26. The van der Waals surface area contributed by atoms with Crippen molar-refractivity contribution in [3.8, 4) is 11.8 Å². The van der Waals surface area contributed by atoms with Crippen LogP contribution in [0.5, 0.6) is 0 Å². The Balaban J connectivity index is 2.79. The van der Waals surface area contributed by atoms with Crippen LogP contribution < -0.4 is 0 Å². The van der Waals surface area contributed by atoms with Gasteiger partial charge in [0.2, 0.25) is 0 Å². The summed E-state index contributed by atoms with van der Waals surface area (Å²) in [5, 5.41) is 8.53. The number of aryl methyl sites for hydroxylation is 1. The number of aliphatic hydroxyl groups is 1. The summed E-state index contributed by atoms with van der Waals surface area (Å²) in [7, 11) is 0. The third kappa shape index (κ3) is 3.31. The first-order valence-electron chi connectivity index (χ1n) is 4.55. The maximum Gasteiger partial charge on any atom is 0.104 e. The summed E-state index contributed by atoms with van der Waals surface area (Å²) < 4.78 is 0. The van der Waals surface area contributed by atoms with E-state index in [2.05, 4.69) is 30.9 Å². The molecule has 0 atom stereocenters. The highest BCUT2D eigenvalue weighted by Crippen LogP contribution is 2.06. The van der Waals surface area contributed by atoms with E-state index in [0.717, 1.165) is 18.4 Å². The molecular formula is C12H14O. The van der Waals surface area contributed by atoms with Crippen molar-refractivity contribution < 1.29 is 5.11 Å². The fourth-order valence-corrected chi connectivity index (χ4v) is 1.23. The second-order valence-electron chi connectivity index (χ2n) is 2.91. The molecule has 0 aliphatic rings. The SMILES string of the molecule is CCCc1cccc(C#CCO)c1. The van der Waals surface area contributed by atoms with Gasteiger partial charge in [-0.3, -0.25) is 0 Å². The first-order chi connectivity index (χ1) is 6.36. The minimum atomic E-state index is -0.0714. The molecule has 0 spiro atoms. The van der Waals surface area contributed by atoms with E-state index in [4.69, 9.17) is 5.11 Å². The van der Waals surface area contributed by atoms with Crippen LogP contribution in [0.15, 0.2) is 24.3 Å². The van der Waals surface area contributed by atoms with E-state index in [1.165, 1.54) is 5.56 Å². The van der Waals surface area contributed by atoms with Crippen LogP contribution in [0.25, 0.3) is 0 Å². The lowest BCUT2D eigenvalue weighted by Crippen LogP contribution is -1.84. The van der Waals surface area contributed by atoms with E-state index in [1.807, 2.05) is 12.1 Å². The van der Waals surface area contributed by atoms with Crippen LogP contribution in [0.2, 0.25) is 0 Å². The number of hydrogen-bond acceptors (Lipinski definition) is 1. The van der Waals surface area contributed by atoms with E-state index in [-0.39, 0.29) is 6.61 Å². The zero-order valence-corrected chi connectivity index (χ0v) is 7.88. The smallest absolute Gasteiger partial charge is 0.104 e. The molecule has 0 aromatic heterocycles. The molecule has 0 amide bonds. The molecule has 13 heavy (non-hydrogen) atoms. The molecule has 0 heterocycles. The molecule has 0 radical (unpaired) electrons. The van der Waals surface area contributed by atoms with Gasteiger partial charge in [0, 0.05) is 5.56 Å². The maximum absolute atomic E-state index is 8.53. The lowest BCUT2D eigenvalue weighted by molar-refractivity contribution is 0.350. The van der Waals surface area contributed by atoms with Crippen LogP contribution >= 0.6 is 0 Å². The Morgan fingerprint density at radius 1 is 1.38 bits per heavy atom. The first-order valence-corrected chi connectivity index (χ1v) is 4.55. The normalized spacial score (nSPS) is 9.08. The van der Waals surface area contributed by atoms with E-state index in [1.54, 1.807) is 0 Å². The van der Waals surface area contributed by atoms with Crippen molar-refractivity contribution in [1.82, 2.24) is 0 Å². The Kier molecular flexibility index (Phi) is 4.08. The molecule has 0 saturated carbocycles. The largest absolute Gasteiger partial charge is 0.384 e. The zero-order valence-electron chi connectivity index (χ0n) is 7.88. The minimum absolute atomic E-state index is 0.0714. The van der Waals surface area contributed by atoms with Crippen LogP contribution in [0.4, 0.5) is 0 Å². The highest BCUT2D eigenvalue weighted by Gasteiger charge is 1.91. The van der Waals surface area contributed by atoms with Crippen LogP contribution in [0.1, 0.15) is 24.5 Å². The van der Waals surface area contributed by atoms with E-state index in [0.29, 0.717) is 0 Å². The molecule has 0 bridgehead atoms. The summed E-state index contributed by atoms with van der Waals surface area (Å²) in [5.41, 5.74) is 2.30. The van der Waals surface area contributed by atoms with Crippen molar-refractivity contribution >= 4 is 0 Å². The monoisotopic (exact) mass is 174 g/mol. The van der Waals surface area contributed by atoms with Gasteiger partial charge in [0.05, 0.1) is 0 Å². The van der Waals surface area contributed by atoms with Crippen molar-refractivity contribution in [2.75, 3.05) is 6.61 Å². The van der Waals surface area contributed by atoms with Crippen molar-refractivity contribution in [2.45, 2.75) is 19.8 Å². The molecule has 1 heteroatoms. The average molecular weight is 174 g/mol.